The van der Waals surface area contributed by atoms with E-state index in [2.05, 4.69) is 27.1 Å². The number of aromatic nitrogens is 1. The lowest BCUT2D eigenvalue weighted by Gasteiger charge is -2.33. The summed E-state index contributed by atoms with van der Waals surface area (Å²) in [4.78, 5) is 21.8. The van der Waals surface area contributed by atoms with Crippen molar-refractivity contribution in [1.82, 2.24) is 9.88 Å². The molecule has 6 heteroatoms. The normalized spacial score (nSPS) is 14.4. The summed E-state index contributed by atoms with van der Waals surface area (Å²) in [5.74, 6) is 2.00. The average Bonchev–Trinajstić information content (AvgIpc) is 2.76. The zero-order valence-corrected chi connectivity index (χ0v) is 16.4. The van der Waals surface area contributed by atoms with Crippen LogP contribution in [-0.2, 0) is 0 Å². The molecule has 0 radical (unpaired) electrons. The highest BCUT2D eigenvalue weighted by Gasteiger charge is 2.16. The van der Waals surface area contributed by atoms with E-state index in [0.29, 0.717) is 22.7 Å². The molecule has 1 N–H and O–H groups in total. The summed E-state index contributed by atoms with van der Waals surface area (Å²) in [5, 5.41) is 2.93. The number of rotatable bonds is 5. The van der Waals surface area contributed by atoms with Crippen molar-refractivity contribution in [2.24, 2.45) is 0 Å². The Bertz CT molecular complexity index is 952. The third kappa shape index (κ3) is 4.73. The van der Waals surface area contributed by atoms with E-state index < -0.39 is 0 Å². The number of carbonyl (C=O) groups excluding carboxylic acids is 1. The van der Waals surface area contributed by atoms with Gasteiger partial charge in [-0.3, -0.25) is 4.79 Å². The Morgan fingerprint density at radius 1 is 0.931 bits per heavy atom. The molecule has 0 atom stereocenters. The van der Waals surface area contributed by atoms with Gasteiger partial charge in [-0.05, 0) is 43.4 Å². The molecular formula is C23H24N4O2. The quantitative estimate of drug-likeness (QED) is 0.719. The van der Waals surface area contributed by atoms with E-state index in [1.54, 1.807) is 6.20 Å². The molecule has 148 valence electrons. The minimum absolute atomic E-state index is 0.216. The van der Waals surface area contributed by atoms with Crippen LogP contribution in [-0.4, -0.2) is 49.0 Å². The van der Waals surface area contributed by atoms with E-state index in [0.717, 1.165) is 32.0 Å². The molecule has 1 amide bonds. The molecule has 1 aromatic heterocycles. The molecule has 2 aromatic carbocycles. The number of nitrogens with one attached hydrogen (secondary N) is 1. The summed E-state index contributed by atoms with van der Waals surface area (Å²) >= 11 is 0. The number of piperazine rings is 1. The van der Waals surface area contributed by atoms with Crippen LogP contribution in [0.3, 0.4) is 0 Å². The van der Waals surface area contributed by atoms with Crippen molar-refractivity contribution < 1.29 is 9.53 Å². The largest absolute Gasteiger partial charge is 0.455 e. The fourth-order valence-corrected chi connectivity index (χ4v) is 3.21. The number of para-hydroxylation sites is 3. The van der Waals surface area contributed by atoms with Gasteiger partial charge < -0.3 is 19.9 Å². The van der Waals surface area contributed by atoms with Crippen molar-refractivity contribution in [1.29, 1.82) is 0 Å². The molecule has 0 aliphatic carbocycles. The van der Waals surface area contributed by atoms with E-state index in [1.807, 2.05) is 66.7 Å². The Balaban J connectivity index is 1.44. The Morgan fingerprint density at radius 3 is 2.38 bits per heavy atom. The van der Waals surface area contributed by atoms with Crippen LogP contribution in [0.25, 0.3) is 0 Å². The lowest BCUT2D eigenvalue weighted by atomic mass is 10.2. The second-order valence-corrected chi connectivity index (χ2v) is 7.06. The highest BCUT2D eigenvalue weighted by molar-refractivity contribution is 6.04. The zero-order valence-electron chi connectivity index (χ0n) is 16.4. The van der Waals surface area contributed by atoms with Crippen LogP contribution in [0, 0.1) is 0 Å². The van der Waals surface area contributed by atoms with Crippen molar-refractivity contribution in [3.63, 3.8) is 0 Å². The Hall–Kier alpha value is -3.38. The third-order valence-electron chi connectivity index (χ3n) is 4.94. The lowest BCUT2D eigenvalue weighted by molar-refractivity contribution is 0.102. The van der Waals surface area contributed by atoms with E-state index in [-0.39, 0.29) is 5.91 Å². The van der Waals surface area contributed by atoms with Crippen molar-refractivity contribution in [2.45, 2.75) is 0 Å². The highest BCUT2D eigenvalue weighted by Crippen LogP contribution is 2.29. The maximum atomic E-state index is 12.7. The molecule has 6 nitrogen and oxygen atoms in total. The summed E-state index contributed by atoms with van der Waals surface area (Å²) in [6.45, 7) is 3.92. The first-order valence-electron chi connectivity index (χ1n) is 9.72. The number of benzene rings is 2. The van der Waals surface area contributed by atoms with E-state index >= 15 is 0 Å². The monoisotopic (exact) mass is 388 g/mol. The summed E-state index contributed by atoms with van der Waals surface area (Å²) in [5.41, 5.74) is 1.13. The van der Waals surface area contributed by atoms with E-state index in [9.17, 15) is 4.79 Å². The number of hydrogen-bond donors (Lipinski definition) is 1. The second kappa shape index (κ2) is 8.75. The zero-order chi connectivity index (χ0) is 20.1. The topological polar surface area (TPSA) is 57.7 Å². The van der Waals surface area contributed by atoms with E-state index in [4.69, 9.17) is 4.74 Å². The van der Waals surface area contributed by atoms with Gasteiger partial charge in [-0.15, -0.1) is 0 Å². The first-order valence-corrected chi connectivity index (χ1v) is 9.72. The maximum absolute atomic E-state index is 12.7. The van der Waals surface area contributed by atoms with Gasteiger partial charge in [0.2, 0.25) is 0 Å². The van der Waals surface area contributed by atoms with Gasteiger partial charge in [-0.2, -0.15) is 0 Å². The molecule has 2 heterocycles. The van der Waals surface area contributed by atoms with Crippen LogP contribution in [0.4, 0.5) is 11.5 Å². The van der Waals surface area contributed by atoms with Gasteiger partial charge in [0.15, 0.2) is 5.75 Å². The SMILES string of the molecule is CN1CCN(c2ccc(C(=O)Nc3ccccc3Oc3ccccc3)cn2)CC1. The maximum Gasteiger partial charge on any atom is 0.257 e. The summed E-state index contributed by atoms with van der Waals surface area (Å²) in [7, 11) is 2.12. The Kier molecular flexibility index (Phi) is 5.72. The molecule has 4 rings (SSSR count). The van der Waals surface area contributed by atoms with Crippen LogP contribution < -0.4 is 15.0 Å². The number of ether oxygens (including phenoxy) is 1. The van der Waals surface area contributed by atoms with Gasteiger partial charge in [0.05, 0.1) is 11.3 Å². The number of nitrogens with zero attached hydrogens (tertiary/aromatic N) is 3. The first kappa shape index (κ1) is 19.0. The van der Waals surface area contributed by atoms with Crippen LogP contribution in [0.1, 0.15) is 10.4 Å². The minimum Gasteiger partial charge on any atom is -0.455 e. The molecule has 1 aliphatic heterocycles. The summed E-state index contributed by atoms with van der Waals surface area (Å²) in [6, 6.07) is 20.6. The van der Waals surface area contributed by atoms with Crippen molar-refractivity contribution in [3.8, 4) is 11.5 Å². The van der Waals surface area contributed by atoms with Gasteiger partial charge in [0.25, 0.3) is 5.91 Å². The molecule has 29 heavy (non-hydrogen) atoms. The lowest BCUT2D eigenvalue weighted by Crippen LogP contribution is -2.44. The number of pyridine rings is 1. The smallest absolute Gasteiger partial charge is 0.257 e. The highest BCUT2D eigenvalue weighted by atomic mass is 16.5. The number of anilines is 2. The number of carbonyl (C=O) groups is 1. The van der Waals surface area contributed by atoms with Gasteiger partial charge in [-0.25, -0.2) is 4.98 Å². The van der Waals surface area contributed by atoms with Gasteiger partial charge >= 0.3 is 0 Å². The number of likely N-dealkylation sites (N-methyl/N-ethyl adjacent to an activating group) is 1. The van der Waals surface area contributed by atoms with Gasteiger partial charge in [-0.1, -0.05) is 30.3 Å². The molecule has 1 fully saturated rings. The number of amides is 1. The van der Waals surface area contributed by atoms with Crippen LogP contribution in [0.15, 0.2) is 72.9 Å². The van der Waals surface area contributed by atoms with Crippen LogP contribution >= 0.6 is 0 Å². The fourth-order valence-electron chi connectivity index (χ4n) is 3.21. The molecule has 0 spiro atoms. The first-order chi connectivity index (χ1) is 14.2. The van der Waals surface area contributed by atoms with Crippen molar-refractivity contribution in [2.75, 3.05) is 43.4 Å². The van der Waals surface area contributed by atoms with Crippen LogP contribution in [0.2, 0.25) is 0 Å². The molecular weight excluding hydrogens is 364 g/mol. The van der Waals surface area contributed by atoms with E-state index in [1.165, 1.54) is 0 Å². The molecule has 0 bridgehead atoms. The molecule has 0 unspecified atom stereocenters. The summed E-state index contributed by atoms with van der Waals surface area (Å²) in [6.07, 6.45) is 1.63. The van der Waals surface area contributed by atoms with Crippen LogP contribution in [0.5, 0.6) is 11.5 Å². The van der Waals surface area contributed by atoms with Crippen molar-refractivity contribution >= 4 is 17.4 Å². The molecule has 1 saturated heterocycles. The fraction of sp³-hybridized carbons (Fsp3) is 0.217. The predicted molar refractivity (Wildman–Crippen MR) is 115 cm³/mol. The molecule has 1 aliphatic rings. The third-order valence-corrected chi connectivity index (χ3v) is 4.94. The van der Waals surface area contributed by atoms with Gasteiger partial charge in [0, 0.05) is 32.4 Å². The minimum atomic E-state index is -0.216. The average molecular weight is 388 g/mol. The van der Waals surface area contributed by atoms with Gasteiger partial charge in [0.1, 0.15) is 11.6 Å². The standard InChI is InChI=1S/C23H24N4O2/c1-26-13-15-27(16-14-26)22-12-11-18(17-24-22)23(28)25-20-9-5-6-10-21(20)29-19-7-3-2-4-8-19/h2-12,17H,13-16H2,1H3,(H,25,28). The Morgan fingerprint density at radius 2 is 1.66 bits per heavy atom. The number of hydrogen-bond acceptors (Lipinski definition) is 5. The molecule has 3 aromatic rings. The van der Waals surface area contributed by atoms with Crippen molar-refractivity contribution in [3.05, 3.63) is 78.5 Å². The molecule has 0 saturated carbocycles. The summed E-state index contributed by atoms with van der Waals surface area (Å²) < 4.78 is 5.91. The predicted octanol–water partition coefficient (Wildman–Crippen LogP) is 3.88. The Labute approximate surface area is 170 Å². The second-order valence-electron chi connectivity index (χ2n) is 7.06.